The maximum Gasteiger partial charge on any atom is 0.252 e. The minimum absolute atomic E-state index is 0.110. The van der Waals surface area contributed by atoms with E-state index >= 15 is 0 Å². The second kappa shape index (κ2) is 7.61. The Morgan fingerprint density at radius 1 is 1.15 bits per heavy atom. The summed E-state index contributed by atoms with van der Waals surface area (Å²) in [5, 5.41) is 2.82. The van der Waals surface area contributed by atoms with Crippen LogP contribution >= 0.6 is 22.6 Å². The van der Waals surface area contributed by atoms with E-state index in [-0.39, 0.29) is 11.8 Å². The summed E-state index contributed by atoms with van der Waals surface area (Å²) in [5.74, 6) is 0.0363. The van der Waals surface area contributed by atoms with Crippen LogP contribution in [0.2, 0.25) is 0 Å². The quantitative estimate of drug-likeness (QED) is 0.809. The molecule has 0 saturated carbocycles. The highest BCUT2D eigenvalue weighted by molar-refractivity contribution is 14.1. The minimum Gasteiger partial charge on any atom is -0.351 e. The molecule has 2 rings (SSSR count). The van der Waals surface area contributed by atoms with Crippen LogP contribution in [0, 0.1) is 3.57 Å². The fourth-order valence-corrected chi connectivity index (χ4v) is 2.96. The number of rotatable bonds is 4. The van der Waals surface area contributed by atoms with Crippen LogP contribution in [0.15, 0.2) is 24.3 Å². The zero-order valence-electron chi connectivity index (χ0n) is 11.4. The van der Waals surface area contributed by atoms with Crippen molar-refractivity contribution < 1.29 is 9.59 Å². The summed E-state index contributed by atoms with van der Waals surface area (Å²) >= 11 is 2.14. The Hall–Kier alpha value is -1.11. The van der Waals surface area contributed by atoms with Gasteiger partial charge in [0.05, 0.1) is 5.56 Å². The number of hydrogen-bond donors (Lipinski definition) is 1. The first kappa shape index (κ1) is 15.3. The van der Waals surface area contributed by atoms with E-state index in [1.54, 1.807) is 6.07 Å². The zero-order valence-corrected chi connectivity index (χ0v) is 13.6. The summed E-state index contributed by atoms with van der Waals surface area (Å²) in [6, 6.07) is 7.44. The van der Waals surface area contributed by atoms with Gasteiger partial charge in [-0.15, -0.1) is 0 Å². The summed E-state index contributed by atoms with van der Waals surface area (Å²) in [4.78, 5) is 25.8. The molecule has 0 atom stereocenters. The Labute approximate surface area is 133 Å². The van der Waals surface area contributed by atoms with Gasteiger partial charge in [0.2, 0.25) is 5.91 Å². The SMILES string of the molecule is O=C(NCCC(=O)N1CCCCC1)c1ccccc1I. The number of likely N-dealkylation sites (tertiary alicyclic amines) is 1. The smallest absolute Gasteiger partial charge is 0.252 e. The van der Waals surface area contributed by atoms with Crippen LogP contribution in [0.5, 0.6) is 0 Å². The van der Waals surface area contributed by atoms with Crippen molar-refractivity contribution in [3.05, 3.63) is 33.4 Å². The Morgan fingerprint density at radius 3 is 2.55 bits per heavy atom. The molecule has 4 nitrogen and oxygen atoms in total. The van der Waals surface area contributed by atoms with Crippen molar-refractivity contribution in [2.75, 3.05) is 19.6 Å². The van der Waals surface area contributed by atoms with Gasteiger partial charge in [0.1, 0.15) is 0 Å². The highest BCUT2D eigenvalue weighted by atomic mass is 127. The minimum atomic E-state index is -0.110. The summed E-state index contributed by atoms with van der Waals surface area (Å²) in [6.07, 6.45) is 3.79. The van der Waals surface area contributed by atoms with Gasteiger partial charge < -0.3 is 10.2 Å². The number of nitrogens with one attached hydrogen (secondary N) is 1. The first-order valence-corrected chi connectivity index (χ1v) is 8.07. The Morgan fingerprint density at radius 2 is 1.85 bits per heavy atom. The Balaban J connectivity index is 1.76. The molecule has 0 spiro atoms. The predicted molar refractivity (Wildman–Crippen MR) is 86.5 cm³/mol. The summed E-state index contributed by atoms with van der Waals surface area (Å²) in [7, 11) is 0. The fraction of sp³-hybridized carbons (Fsp3) is 0.467. The van der Waals surface area contributed by atoms with Gasteiger partial charge in [-0.25, -0.2) is 0 Å². The van der Waals surface area contributed by atoms with E-state index in [0.29, 0.717) is 18.5 Å². The van der Waals surface area contributed by atoms with Crippen molar-refractivity contribution in [2.24, 2.45) is 0 Å². The van der Waals surface area contributed by atoms with E-state index in [9.17, 15) is 9.59 Å². The number of benzene rings is 1. The second-order valence-corrected chi connectivity index (χ2v) is 6.09. The van der Waals surface area contributed by atoms with E-state index in [4.69, 9.17) is 0 Å². The molecule has 0 radical (unpaired) electrons. The lowest BCUT2D eigenvalue weighted by molar-refractivity contribution is -0.131. The predicted octanol–water partition coefficient (Wildman–Crippen LogP) is 2.42. The number of nitrogens with zero attached hydrogens (tertiary/aromatic N) is 1. The zero-order chi connectivity index (χ0) is 14.4. The van der Waals surface area contributed by atoms with E-state index < -0.39 is 0 Å². The molecule has 1 aromatic carbocycles. The van der Waals surface area contributed by atoms with Crippen molar-refractivity contribution in [1.29, 1.82) is 0 Å². The van der Waals surface area contributed by atoms with Gasteiger partial charge in [0, 0.05) is 29.6 Å². The molecule has 0 aromatic heterocycles. The molecule has 1 saturated heterocycles. The molecule has 1 heterocycles. The average Bonchev–Trinajstić information content (AvgIpc) is 2.48. The Bertz CT molecular complexity index is 485. The van der Waals surface area contributed by atoms with Gasteiger partial charge >= 0.3 is 0 Å². The molecular formula is C15H19IN2O2. The van der Waals surface area contributed by atoms with Gasteiger partial charge in [0.25, 0.3) is 5.91 Å². The maximum absolute atomic E-state index is 12.0. The monoisotopic (exact) mass is 386 g/mol. The van der Waals surface area contributed by atoms with Gasteiger partial charge in [-0.05, 0) is 54.0 Å². The molecule has 108 valence electrons. The molecule has 0 aliphatic carbocycles. The highest BCUT2D eigenvalue weighted by Crippen LogP contribution is 2.11. The normalized spacial score (nSPS) is 14.9. The average molecular weight is 386 g/mol. The van der Waals surface area contributed by atoms with E-state index in [1.165, 1.54) is 6.42 Å². The van der Waals surface area contributed by atoms with Gasteiger partial charge in [-0.2, -0.15) is 0 Å². The molecule has 1 N–H and O–H groups in total. The van der Waals surface area contributed by atoms with E-state index in [1.807, 2.05) is 23.1 Å². The third kappa shape index (κ3) is 4.19. The van der Waals surface area contributed by atoms with Crippen molar-refractivity contribution in [3.8, 4) is 0 Å². The van der Waals surface area contributed by atoms with Crippen molar-refractivity contribution in [2.45, 2.75) is 25.7 Å². The molecule has 1 aromatic rings. The third-order valence-electron chi connectivity index (χ3n) is 3.45. The molecule has 1 aliphatic rings. The molecule has 5 heteroatoms. The summed E-state index contributed by atoms with van der Waals surface area (Å²) in [6.45, 7) is 2.13. The van der Waals surface area contributed by atoms with E-state index in [0.717, 1.165) is 29.5 Å². The van der Waals surface area contributed by atoms with Crippen LogP contribution in [-0.2, 0) is 4.79 Å². The standard InChI is InChI=1S/C15H19IN2O2/c16-13-7-3-2-6-12(13)15(20)17-9-8-14(19)18-10-4-1-5-11-18/h2-3,6-7H,1,4-5,8-11H2,(H,17,20). The Kier molecular flexibility index (Phi) is 5.82. The molecule has 2 amide bonds. The summed E-state index contributed by atoms with van der Waals surface area (Å²) in [5.41, 5.74) is 0.665. The fourth-order valence-electron chi connectivity index (χ4n) is 2.32. The number of hydrogen-bond acceptors (Lipinski definition) is 2. The van der Waals surface area contributed by atoms with Crippen molar-refractivity contribution >= 4 is 34.4 Å². The number of piperidine rings is 1. The van der Waals surface area contributed by atoms with Crippen LogP contribution in [-0.4, -0.2) is 36.3 Å². The number of halogens is 1. The molecular weight excluding hydrogens is 367 g/mol. The highest BCUT2D eigenvalue weighted by Gasteiger charge is 2.16. The first-order valence-electron chi connectivity index (χ1n) is 6.99. The van der Waals surface area contributed by atoms with Crippen LogP contribution in [0.25, 0.3) is 0 Å². The first-order chi connectivity index (χ1) is 9.68. The van der Waals surface area contributed by atoms with Gasteiger partial charge in [0.15, 0.2) is 0 Å². The van der Waals surface area contributed by atoms with Crippen LogP contribution in [0.4, 0.5) is 0 Å². The molecule has 1 fully saturated rings. The van der Waals surface area contributed by atoms with Crippen molar-refractivity contribution in [1.82, 2.24) is 10.2 Å². The van der Waals surface area contributed by atoms with Crippen LogP contribution in [0.3, 0.4) is 0 Å². The summed E-state index contributed by atoms with van der Waals surface area (Å²) < 4.78 is 0.921. The molecule has 20 heavy (non-hydrogen) atoms. The van der Waals surface area contributed by atoms with E-state index in [2.05, 4.69) is 27.9 Å². The molecule has 1 aliphatic heterocycles. The van der Waals surface area contributed by atoms with Gasteiger partial charge in [-0.1, -0.05) is 12.1 Å². The molecule has 0 unspecified atom stereocenters. The molecule has 0 bridgehead atoms. The lowest BCUT2D eigenvalue weighted by Gasteiger charge is -2.26. The number of carbonyl (C=O) groups excluding carboxylic acids is 2. The van der Waals surface area contributed by atoms with Gasteiger partial charge in [-0.3, -0.25) is 9.59 Å². The van der Waals surface area contributed by atoms with Crippen LogP contribution < -0.4 is 5.32 Å². The second-order valence-electron chi connectivity index (χ2n) is 4.93. The largest absolute Gasteiger partial charge is 0.351 e. The lowest BCUT2D eigenvalue weighted by Crippen LogP contribution is -2.37. The number of amides is 2. The maximum atomic E-state index is 12.0. The third-order valence-corrected chi connectivity index (χ3v) is 4.39. The topological polar surface area (TPSA) is 49.4 Å². The van der Waals surface area contributed by atoms with Crippen molar-refractivity contribution in [3.63, 3.8) is 0 Å². The lowest BCUT2D eigenvalue weighted by atomic mass is 10.1. The number of carbonyl (C=O) groups is 2. The van der Waals surface area contributed by atoms with Crippen LogP contribution in [0.1, 0.15) is 36.0 Å².